The Morgan fingerprint density at radius 2 is 1.92 bits per heavy atom. The minimum absolute atomic E-state index is 0.256. The third-order valence-corrected chi connectivity index (χ3v) is 3.95. The van der Waals surface area contributed by atoms with E-state index < -0.39 is 5.97 Å². The van der Waals surface area contributed by atoms with Gasteiger partial charge in [0.05, 0.1) is 0 Å². The van der Waals surface area contributed by atoms with E-state index in [9.17, 15) is 9.18 Å². The lowest BCUT2D eigenvalue weighted by Gasteiger charge is -2.02. The zero-order valence-electron chi connectivity index (χ0n) is 13.7. The van der Waals surface area contributed by atoms with Crippen molar-refractivity contribution >= 4 is 17.9 Å². The Morgan fingerprint density at radius 1 is 1.12 bits per heavy atom. The van der Waals surface area contributed by atoms with Gasteiger partial charge in [-0.3, -0.25) is 0 Å². The van der Waals surface area contributed by atoms with E-state index in [0.29, 0.717) is 24.3 Å². The fourth-order valence-electron chi connectivity index (χ4n) is 2.64. The molecule has 0 fully saturated rings. The van der Waals surface area contributed by atoms with Gasteiger partial charge in [0.15, 0.2) is 11.6 Å². The zero-order valence-corrected chi connectivity index (χ0v) is 13.7. The number of rotatable bonds is 4. The van der Waals surface area contributed by atoms with Gasteiger partial charge in [0, 0.05) is 6.42 Å². The van der Waals surface area contributed by atoms with Crippen molar-refractivity contribution in [1.29, 1.82) is 0 Å². The van der Waals surface area contributed by atoms with Gasteiger partial charge in [-0.25, -0.2) is 14.2 Å². The molecule has 24 heavy (non-hydrogen) atoms. The third kappa shape index (κ3) is 3.59. The van der Waals surface area contributed by atoms with Crippen molar-refractivity contribution < 1.29 is 13.9 Å². The summed E-state index contributed by atoms with van der Waals surface area (Å²) in [4.78, 5) is 16.2. The average molecular weight is 323 g/mol. The lowest BCUT2D eigenvalue weighted by molar-refractivity contribution is -0.130. The van der Waals surface area contributed by atoms with Gasteiger partial charge in [0.2, 0.25) is 0 Å². The SMILES string of the molecule is Cc1ccc(/C=C2\N=C(CCc3ccccc3F)OC2=O)c(C)c1. The summed E-state index contributed by atoms with van der Waals surface area (Å²) in [5.41, 5.74) is 4.04. The highest BCUT2D eigenvalue weighted by molar-refractivity contribution is 6.07. The second kappa shape index (κ2) is 6.79. The van der Waals surface area contributed by atoms with E-state index in [0.717, 1.165) is 16.7 Å². The van der Waals surface area contributed by atoms with Crippen LogP contribution in [0.15, 0.2) is 53.2 Å². The van der Waals surface area contributed by atoms with Gasteiger partial charge in [-0.2, -0.15) is 0 Å². The number of aliphatic imine (C=N–C) groups is 1. The maximum Gasteiger partial charge on any atom is 0.363 e. The molecule has 0 radical (unpaired) electrons. The quantitative estimate of drug-likeness (QED) is 0.619. The van der Waals surface area contributed by atoms with Crippen LogP contribution in [0.1, 0.15) is 28.7 Å². The number of nitrogens with zero attached hydrogens (tertiary/aromatic N) is 1. The third-order valence-electron chi connectivity index (χ3n) is 3.95. The molecule has 0 amide bonds. The van der Waals surface area contributed by atoms with Crippen molar-refractivity contribution in [1.82, 2.24) is 0 Å². The highest BCUT2D eigenvalue weighted by Crippen LogP contribution is 2.20. The lowest BCUT2D eigenvalue weighted by Crippen LogP contribution is -2.05. The van der Waals surface area contributed by atoms with Gasteiger partial charge in [-0.15, -0.1) is 0 Å². The molecular weight excluding hydrogens is 305 g/mol. The number of hydrogen-bond acceptors (Lipinski definition) is 3. The van der Waals surface area contributed by atoms with Gasteiger partial charge in [0.25, 0.3) is 0 Å². The molecule has 0 bridgehead atoms. The molecule has 2 aromatic carbocycles. The maximum absolute atomic E-state index is 13.6. The number of hydrogen-bond donors (Lipinski definition) is 0. The van der Waals surface area contributed by atoms with Crippen molar-refractivity contribution in [3.8, 4) is 0 Å². The molecule has 0 saturated carbocycles. The van der Waals surface area contributed by atoms with E-state index in [1.165, 1.54) is 6.07 Å². The molecule has 0 aromatic heterocycles. The van der Waals surface area contributed by atoms with Crippen molar-refractivity contribution in [2.75, 3.05) is 0 Å². The van der Waals surface area contributed by atoms with Crippen LogP contribution in [0, 0.1) is 19.7 Å². The molecule has 0 unspecified atom stereocenters. The molecule has 0 N–H and O–H groups in total. The number of benzene rings is 2. The lowest BCUT2D eigenvalue weighted by atomic mass is 10.0. The van der Waals surface area contributed by atoms with Crippen molar-refractivity contribution in [2.24, 2.45) is 4.99 Å². The van der Waals surface area contributed by atoms with Crippen LogP contribution in [0.5, 0.6) is 0 Å². The maximum atomic E-state index is 13.6. The highest BCUT2D eigenvalue weighted by atomic mass is 19.1. The van der Waals surface area contributed by atoms with Crippen LogP contribution in [0.3, 0.4) is 0 Å². The van der Waals surface area contributed by atoms with Crippen LogP contribution in [-0.4, -0.2) is 11.9 Å². The summed E-state index contributed by atoms with van der Waals surface area (Å²) in [6.45, 7) is 4.01. The molecule has 4 heteroatoms. The smallest absolute Gasteiger partial charge is 0.363 e. The fourth-order valence-corrected chi connectivity index (χ4v) is 2.64. The number of carbonyl (C=O) groups is 1. The number of aryl methyl sites for hydroxylation is 3. The van der Waals surface area contributed by atoms with Gasteiger partial charge in [-0.1, -0.05) is 42.0 Å². The topological polar surface area (TPSA) is 38.7 Å². The van der Waals surface area contributed by atoms with Crippen molar-refractivity contribution in [2.45, 2.75) is 26.7 Å². The van der Waals surface area contributed by atoms with Crippen molar-refractivity contribution in [3.05, 3.63) is 76.2 Å². The van der Waals surface area contributed by atoms with E-state index in [1.807, 2.05) is 26.0 Å². The van der Waals surface area contributed by atoms with Crippen LogP contribution in [0.4, 0.5) is 4.39 Å². The first-order chi connectivity index (χ1) is 11.5. The summed E-state index contributed by atoms with van der Waals surface area (Å²) in [5.74, 6) is -0.383. The Kier molecular flexibility index (Phi) is 4.56. The Labute approximate surface area is 140 Å². The second-order valence-corrected chi connectivity index (χ2v) is 5.88. The molecule has 1 aliphatic heterocycles. The van der Waals surface area contributed by atoms with E-state index in [4.69, 9.17) is 4.74 Å². The number of esters is 1. The predicted octanol–water partition coefficient (Wildman–Crippen LogP) is 4.37. The van der Waals surface area contributed by atoms with Crippen LogP contribution < -0.4 is 0 Å². The van der Waals surface area contributed by atoms with E-state index in [2.05, 4.69) is 11.1 Å². The van der Waals surface area contributed by atoms with Gasteiger partial charge in [-0.05, 0) is 49.1 Å². The molecule has 0 aliphatic carbocycles. The standard InChI is InChI=1S/C20H18FNO2/c1-13-7-8-16(14(2)11-13)12-18-20(23)24-19(22-18)10-9-15-5-3-4-6-17(15)21/h3-8,11-12H,9-10H2,1-2H3/b18-12-. The van der Waals surface area contributed by atoms with E-state index in [1.54, 1.807) is 24.3 Å². The molecule has 3 rings (SSSR count). The summed E-state index contributed by atoms with van der Waals surface area (Å²) >= 11 is 0. The van der Waals surface area contributed by atoms with Crippen molar-refractivity contribution in [3.63, 3.8) is 0 Å². The normalized spacial score (nSPS) is 15.5. The first-order valence-corrected chi connectivity index (χ1v) is 7.85. The van der Waals surface area contributed by atoms with Gasteiger partial charge < -0.3 is 4.74 Å². The number of ether oxygens (including phenoxy) is 1. The van der Waals surface area contributed by atoms with Gasteiger partial charge >= 0.3 is 5.97 Å². The second-order valence-electron chi connectivity index (χ2n) is 5.88. The first-order valence-electron chi connectivity index (χ1n) is 7.85. The average Bonchev–Trinajstić information content (AvgIpc) is 2.89. The summed E-state index contributed by atoms with van der Waals surface area (Å²) < 4.78 is 18.8. The number of carbonyl (C=O) groups excluding carboxylic acids is 1. The van der Waals surface area contributed by atoms with Crippen LogP contribution in [0.25, 0.3) is 6.08 Å². The van der Waals surface area contributed by atoms with Crippen LogP contribution in [0.2, 0.25) is 0 Å². The zero-order chi connectivity index (χ0) is 17.1. The molecular formula is C20H18FNO2. The van der Waals surface area contributed by atoms with Crippen LogP contribution in [-0.2, 0) is 16.0 Å². The Bertz CT molecular complexity index is 852. The molecule has 0 atom stereocenters. The minimum atomic E-state index is -0.460. The summed E-state index contributed by atoms with van der Waals surface area (Å²) in [7, 11) is 0. The fraction of sp³-hybridized carbons (Fsp3) is 0.200. The highest BCUT2D eigenvalue weighted by Gasteiger charge is 2.23. The molecule has 0 saturated heterocycles. The molecule has 0 spiro atoms. The Hall–Kier alpha value is -2.75. The first kappa shape index (κ1) is 16.1. The minimum Gasteiger partial charge on any atom is -0.407 e. The molecule has 2 aromatic rings. The molecule has 3 nitrogen and oxygen atoms in total. The van der Waals surface area contributed by atoms with E-state index in [-0.39, 0.29) is 11.5 Å². The monoisotopic (exact) mass is 323 g/mol. The molecule has 122 valence electrons. The Balaban J connectivity index is 1.75. The molecule has 1 heterocycles. The largest absolute Gasteiger partial charge is 0.407 e. The van der Waals surface area contributed by atoms with Gasteiger partial charge in [0.1, 0.15) is 5.82 Å². The van der Waals surface area contributed by atoms with E-state index >= 15 is 0 Å². The number of cyclic esters (lactones) is 1. The summed E-state index contributed by atoms with van der Waals surface area (Å²) in [6, 6.07) is 12.6. The Morgan fingerprint density at radius 3 is 2.67 bits per heavy atom. The molecule has 1 aliphatic rings. The predicted molar refractivity (Wildman–Crippen MR) is 92.1 cm³/mol. The summed E-state index contributed by atoms with van der Waals surface area (Å²) in [6.07, 6.45) is 2.56. The summed E-state index contributed by atoms with van der Waals surface area (Å²) in [5, 5.41) is 0. The number of halogens is 1. The van der Waals surface area contributed by atoms with Crippen LogP contribution >= 0.6 is 0 Å².